The summed E-state index contributed by atoms with van der Waals surface area (Å²) in [5, 5.41) is 4.26. The van der Waals surface area contributed by atoms with Gasteiger partial charge in [-0.2, -0.15) is 0 Å². The van der Waals surface area contributed by atoms with E-state index < -0.39 is 6.02 Å². The Hall–Kier alpha value is -2.43. The maximum absolute atomic E-state index is 12.3. The van der Waals surface area contributed by atoms with Gasteiger partial charge in [-0.25, -0.2) is 0 Å². The average Bonchev–Trinajstić information content (AvgIpc) is 3.22. The molecule has 1 fully saturated rings. The first-order valence-corrected chi connectivity index (χ1v) is 8.76. The molecule has 1 aromatic heterocycles. The summed E-state index contributed by atoms with van der Waals surface area (Å²) in [5.74, 6) is 0.0266. The number of nitrogens with one attached hydrogen (secondary N) is 2. The molecule has 0 amide bonds. The highest BCUT2D eigenvalue weighted by atomic mass is 16.5. The predicted octanol–water partition coefficient (Wildman–Crippen LogP) is 3.97. The van der Waals surface area contributed by atoms with Gasteiger partial charge in [-0.3, -0.25) is 4.79 Å². The number of aromatic nitrogens is 1. The van der Waals surface area contributed by atoms with Crippen molar-refractivity contribution in [2.24, 2.45) is 0 Å². The van der Waals surface area contributed by atoms with Crippen LogP contribution in [0.25, 0.3) is 22.2 Å². The van der Waals surface area contributed by atoms with Gasteiger partial charge in [0, 0.05) is 28.0 Å². The minimum Gasteiger partial charge on any atom is -0.369 e. The van der Waals surface area contributed by atoms with E-state index in [2.05, 4.69) is 22.4 Å². The molecule has 2 aliphatic rings. The lowest BCUT2D eigenvalue weighted by Gasteiger charge is -2.11. The fraction of sp³-hybridized carbons (Fsp3) is 0.286. The Balaban J connectivity index is 1.62. The second-order valence-corrected chi connectivity index (χ2v) is 6.71. The van der Waals surface area contributed by atoms with Crippen molar-refractivity contribution in [3.8, 4) is 11.3 Å². The van der Waals surface area contributed by atoms with Crippen LogP contribution in [0.1, 0.15) is 41.7 Å². The van der Waals surface area contributed by atoms with E-state index >= 15 is 0 Å². The summed E-state index contributed by atoms with van der Waals surface area (Å²) in [6.45, 7) is 1.44. The molecule has 0 spiro atoms. The number of ketones is 1. The van der Waals surface area contributed by atoms with Crippen LogP contribution >= 0.6 is 0 Å². The number of ether oxygens (including phenoxy) is 1. The van der Waals surface area contributed by atoms with E-state index in [0.29, 0.717) is 6.61 Å². The number of hydrogen-bond acceptors (Lipinski definition) is 3. The third-order valence-electron chi connectivity index (χ3n) is 5.17. The van der Waals surface area contributed by atoms with Crippen molar-refractivity contribution in [2.45, 2.75) is 25.5 Å². The highest BCUT2D eigenvalue weighted by Crippen LogP contribution is 2.35. The normalized spacial score (nSPS) is 23.7. The summed E-state index contributed by atoms with van der Waals surface area (Å²) < 4.78 is 14.2. The Bertz CT molecular complexity index is 1000. The molecule has 2 aromatic carbocycles. The van der Waals surface area contributed by atoms with E-state index in [4.69, 9.17) is 6.11 Å². The molecule has 0 aliphatic carbocycles. The van der Waals surface area contributed by atoms with Crippen LogP contribution in [-0.4, -0.2) is 23.9 Å². The first-order valence-electron chi connectivity index (χ1n) is 9.26. The number of H-pyrrole nitrogens is 1. The van der Waals surface area contributed by atoms with E-state index in [1.807, 2.05) is 30.3 Å². The summed E-state index contributed by atoms with van der Waals surface area (Å²) in [6.07, 6.45) is 1.87. The van der Waals surface area contributed by atoms with Gasteiger partial charge in [-0.1, -0.05) is 36.4 Å². The molecule has 126 valence electrons. The molecular weight excluding hydrogens is 312 g/mol. The minimum atomic E-state index is -0.673. The summed E-state index contributed by atoms with van der Waals surface area (Å²) in [6, 6.07) is 13.3. The van der Waals surface area contributed by atoms with Crippen LogP contribution in [0.15, 0.2) is 42.5 Å². The Morgan fingerprint density at radius 2 is 2.00 bits per heavy atom. The highest BCUT2D eigenvalue weighted by Gasteiger charge is 2.23. The fourth-order valence-electron chi connectivity index (χ4n) is 3.94. The third kappa shape index (κ3) is 2.41. The van der Waals surface area contributed by atoms with Gasteiger partial charge in [0.1, 0.15) is 6.61 Å². The maximum Gasteiger partial charge on any atom is 0.189 e. The van der Waals surface area contributed by atoms with Gasteiger partial charge in [0.05, 0.1) is 13.7 Å². The quantitative estimate of drug-likeness (QED) is 0.746. The number of aromatic amines is 1. The molecule has 4 nitrogen and oxygen atoms in total. The molecule has 0 radical (unpaired) electrons. The van der Waals surface area contributed by atoms with Gasteiger partial charge in [0.15, 0.2) is 5.78 Å². The van der Waals surface area contributed by atoms with Crippen LogP contribution in [0.2, 0.25) is 0 Å². The fourth-order valence-corrected chi connectivity index (χ4v) is 3.94. The third-order valence-corrected chi connectivity index (χ3v) is 5.17. The minimum absolute atomic E-state index is 0.0266. The van der Waals surface area contributed by atoms with Crippen LogP contribution in [-0.2, 0) is 11.3 Å². The molecule has 0 bridgehead atoms. The van der Waals surface area contributed by atoms with Crippen molar-refractivity contribution in [1.29, 1.82) is 0 Å². The molecule has 1 saturated heterocycles. The van der Waals surface area contributed by atoms with Crippen LogP contribution in [0.3, 0.4) is 0 Å². The monoisotopic (exact) mass is 333 g/mol. The van der Waals surface area contributed by atoms with Crippen molar-refractivity contribution < 1.29 is 10.9 Å². The smallest absolute Gasteiger partial charge is 0.189 e. The molecule has 1 atom stereocenters. The van der Waals surface area contributed by atoms with Gasteiger partial charge in [-0.05, 0) is 36.6 Å². The van der Waals surface area contributed by atoms with E-state index in [1.165, 1.54) is 0 Å². The lowest BCUT2D eigenvalue weighted by molar-refractivity contribution is 0.0742. The largest absolute Gasteiger partial charge is 0.369 e. The summed E-state index contributed by atoms with van der Waals surface area (Å²) in [4.78, 5) is 15.8. The number of Topliss-reactive ketones (excluding diaryl/α,β-unsaturated/α-hetero) is 1. The number of rotatable bonds is 2. The summed E-state index contributed by atoms with van der Waals surface area (Å²) >= 11 is 0. The SMILES string of the molecule is [2H][C@]1(c2ccc(-c3[nH]c4cccc5c4c3COCC5=O)cc2)CCCN1. The maximum atomic E-state index is 12.3. The number of hydrogen-bond donors (Lipinski definition) is 2. The highest BCUT2D eigenvalue weighted by molar-refractivity contribution is 6.11. The lowest BCUT2D eigenvalue weighted by Crippen LogP contribution is -2.12. The zero-order valence-corrected chi connectivity index (χ0v) is 13.9. The van der Waals surface area contributed by atoms with Crippen molar-refractivity contribution in [3.63, 3.8) is 0 Å². The van der Waals surface area contributed by atoms with Gasteiger partial charge in [0.2, 0.25) is 0 Å². The zero-order chi connectivity index (χ0) is 17.7. The first kappa shape index (κ1) is 13.8. The van der Waals surface area contributed by atoms with E-state index in [-0.39, 0.29) is 12.4 Å². The standard InChI is InChI=1S/C21H20N2O2/c24-19-12-25-11-16-20-15(19)3-1-4-18(20)23-21(16)14-8-6-13(7-9-14)17-5-2-10-22-17/h1,3-4,6-9,17,22-23H,2,5,10-12H2/t17-/m1/s1/i17D. The Morgan fingerprint density at radius 1 is 1.12 bits per heavy atom. The molecule has 3 aromatic rings. The molecule has 5 rings (SSSR count). The predicted molar refractivity (Wildman–Crippen MR) is 97.7 cm³/mol. The molecular formula is C21H20N2O2. The Morgan fingerprint density at radius 3 is 2.80 bits per heavy atom. The van der Waals surface area contributed by atoms with Gasteiger partial charge >= 0.3 is 0 Å². The van der Waals surface area contributed by atoms with Crippen molar-refractivity contribution in [1.82, 2.24) is 10.3 Å². The Labute approximate surface area is 147 Å². The van der Waals surface area contributed by atoms with Gasteiger partial charge in [-0.15, -0.1) is 0 Å². The number of benzene rings is 2. The number of carbonyl (C=O) groups is 1. The summed E-state index contributed by atoms with van der Waals surface area (Å²) in [5.41, 5.74) is 5.76. The molecule has 3 heterocycles. The molecule has 4 heteroatoms. The van der Waals surface area contributed by atoms with Crippen LogP contribution < -0.4 is 5.32 Å². The molecule has 2 aliphatic heterocycles. The second-order valence-electron chi connectivity index (χ2n) is 6.71. The van der Waals surface area contributed by atoms with Crippen LogP contribution in [0, 0.1) is 0 Å². The molecule has 0 saturated carbocycles. The lowest BCUT2D eigenvalue weighted by atomic mass is 9.99. The molecule has 0 unspecified atom stereocenters. The number of carbonyl (C=O) groups excluding carboxylic acids is 1. The first-order chi connectivity index (χ1) is 12.7. The van der Waals surface area contributed by atoms with Crippen molar-refractivity contribution in [2.75, 3.05) is 13.2 Å². The van der Waals surface area contributed by atoms with E-state index in [0.717, 1.165) is 58.2 Å². The topological polar surface area (TPSA) is 54.1 Å². The zero-order valence-electron chi connectivity index (χ0n) is 14.9. The summed E-state index contributed by atoms with van der Waals surface area (Å²) in [7, 11) is 0. The average molecular weight is 333 g/mol. The molecule has 25 heavy (non-hydrogen) atoms. The second kappa shape index (κ2) is 5.83. The van der Waals surface area contributed by atoms with Crippen molar-refractivity contribution >= 4 is 16.7 Å². The Kier molecular flexibility index (Phi) is 3.22. The van der Waals surface area contributed by atoms with Gasteiger partial charge < -0.3 is 15.0 Å². The van der Waals surface area contributed by atoms with Crippen LogP contribution in [0.5, 0.6) is 0 Å². The van der Waals surface area contributed by atoms with Crippen molar-refractivity contribution in [3.05, 3.63) is 59.2 Å². The van der Waals surface area contributed by atoms with Crippen LogP contribution in [0.4, 0.5) is 0 Å². The van der Waals surface area contributed by atoms with E-state index in [9.17, 15) is 4.79 Å². The molecule has 2 N–H and O–H groups in total. The van der Waals surface area contributed by atoms with Gasteiger partial charge in [0.25, 0.3) is 0 Å². The van der Waals surface area contributed by atoms with E-state index in [1.54, 1.807) is 0 Å².